The first-order valence-corrected chi connectivity index (χ1v) is 6.65. The van der Waals surface area contributed by atoms with Crippen molar-refractivity contribution < 1.29 is 14.7 Å². The number of aromatic amines is 1. The molecular weight excluding hydrogens is 260 g/mol. The molecular formula is C13H20N4O3. The molecule has 1 saturated heterocycles. The Morgan fingerprint density at radius 1 is 1.45 bits per heavy atom. The molecule has 1 aliphatic heterocycles. The first-order valence-electron chi connectivity index (χ1n) is 6.65. The minimum atomic E-state index is -0.790. The van der Waals surface area contributed by atoms with Crippen molar-refractivity contribution in [2.24, 2.45) is 11.8 Å². The number of hydrogen-bond donors (Lipinski definition) is 3. The fourth-order valence-electron chi connectivity index (χ4n) is 2.63. The van der Waals surface area contributed by atoms with Crippen LogP contribution in [-0.4, -0.2) is 51.7 Å². The summed E-state index contributed by atoms with van der Waals surface area (Å²) >= 11 is 0. The molecule has 110 valence electrons. The smallest absolute Gasteiger partial charge is 0.308 e. The van der Waals surface area contributed by atoms with Crippen LogP contribution in [0, 0.1) is 25.7 Å². The zero-order valence-electron chi connectivity index (χ0n) is 11.9. The lowest BCUT2D eigenvalue weighted by atomic mass is 9.99. The molecule has 1 aromatic heterocycles. The molecule has 0 bridgehead atoms. The summed E-state index contributed by atoms with van der Waals surface area (Å²) in [5.41, 5.74) is 2.26. The van der Waals surface area contributed by atoms with Gasteiger partial charge in [-0.15, -0.1) is 0 Å². The Labute approximate surface area is 117 Å². The number of rotatable bonds is 4. The Kier molecular flexibility index (Phi) is 4.08. The second-order valence-electron chi connectivity index (χ2n) is 5.47. The molecule has 2 rings (SSSR count). The zero-order valence-corrected chi connectivity index (χ0v) is 11.9. The topological polar surface area (TPSA) is 98.3 Å². The average Bonchev–Trinajstić information content (AvgIpc) is 2.86. The lowest BCUT2D eigenvalue weighted by Crippen LogP contribution is -2.32. The number of anilines is 1. The lowest BCUT2D eigenvalue weighted by molar-refractivity contribution is -0.142. The molecule has 1 aliphatic rings. The first kappa shape index (κ1) is 14.5. The summed E-state index contributed by atoms with van der Waals surface area (Å²) in [7, 11) is 0. The largest absolute Gasteiger partial charge is 0.481 e. The molecule has 1 amide bonds. The molecule has 7 heteroatoms. The number of amides is 1. The molecule has 3 N–H and O–H groups in total. The summed E-state index contributed by atoms with van der Waals surface area (Å²) in [4.78, 5) is 24.9. The van der Waals surface area contributed by atoms with Crippen molar-refractivity contribution in [2.45, 2.75) is 20.8 Å². The van der Waals surface area contributed by atoms with E-state index in [2.05, 4.69) is 15.5 Å². The number of likely N-dealkylation sites (tertiary alicyclic amines) is 1. The van der Waals surface area contributed by atoms with Crippen molar-refractivity contribution in [1.82, 2.24) is 15.1 Å². The normalized spacial score (nSPS) is 22.9. The third-order valence-corrected chi connectivity index (χ3v) is 3.76. The second-order valence-corrected chi connectivity index (χ2v) is 5.47. The highest BCUT2D eigenvalue weighted by atomic mass is 16.4. The lowest BCUT2D eigenvalue weighted by Gasteiger charge is -2.14. The van der Waals surface area contributed by atoms with Crippen molar-refractivity contribution >= 4 is 17.6 Å². The maximum atomic E-state index is 12.0. The minimum Gasteiger partial charge on any atom is -0.481 e. The van der Waals surface area contributed by atoms with Gasteiger partial charge in [0, 0.05) is 13.1 Å². The van der Waals surface area contributed by atoms with E-state index in [0.29, 0.717) is 18.8 Å². The van der Waals surface area contributed by atoms with E-state index in [1.165, 1.54) is 0 Å². The summed E-state index contributed by atoms with van der Waals surface area (Å²) < 4.78 is 0. The van der Waals surface area contributed by atoms with Crippen LogP contribution < -0.4 is 5.32 Å². The van der Waals surface area contributed by atoms with E-state index in [1.807, 2.05) is 25.7 Å². The number of nitrogens with one attached hydrogen (secondary N) is 2. The second kappa shape index (κ2) is 5.62. The summed E-state index contributed by atoms with van der Waals surface area (Å²) in [6.45, 7) is 6.83. The minimum absolute atomic E-state index is 0.0673. The van der Waals surface area contributed by atoms with Gasteiger partial charge in [0.15, 0.2) is 0 Å². The van der Waals surface area contributed by atoms with Gasteiger partial charge in [-0.2, -0.15) is 5.10 Å². The number of hydrogen-bond acceptors (Lipinski definition) is 4. The summed E-state index contributed by atoms with van der Waals surface area (Å²) in [6, 6.07) is 0. The van der Waals surface area contributed by atoms with Crippen LogP contribution in [0.2, 0.25) is 0 Å². The third-order valence-electron chi connectivity index (χ3n) is 3.76. The maximum absolute atomic E-state index is 12.0. The van der Waals surface area contributed by atoms with Crippen molar-refractivity contribution in [1.29, 1.82) is 0 Å². The Bertz CT molecular complexity index is 506. The van der Waals surface area contributed by atoms with E-state index < -0.39 is 5.97 Å². The maximum Gasteiger partial charge on any atom is 0.308 e. The number of H-pyrrole nitrogens is 1. The number of carboxylic acids is 1. The van der Waals surface area contributed by atoms with Gasteiger partial charge in [0.1, 0.15) is 0 Å². The van der Waals surface area contributed by atoms with Crippen LogP contribution >= 0.6 is 0 Å². The van der Waals surface area contributed by atoms with E-state index in [9.17, 15) is 9.59 Å². The summed E-state index contributed by atoms with van der Waals surface area (Å²) in [5.74, 6) is -1.25. The van der Waals surface area contributed by atoms with Gasteiger partial charge in [0.05, 0.1) is 29.5 Å². The molecule has 7 nitrogen and oxygen atoms in total. The van der Waals surface area contributed by atoms with Crippen LogP contribution in [0.4, 0.5) is 5.69 Å². The number of carbonyl (C=O) groups is 2. The van der Waals surface area contributed by atoms with Gasteiger partial charge in [-0.3, -0.25) is 19.6 Å². The van der Waals surface area contributed by atoms with Crippen LogP contribution in [0.3, 0.4) is 0 Å². The van der Waals surface area contributed by atoms with Gasteiger partial charge in [-0.25, -0.2) is 0 Å². The molecule has 20 heavy (non-hydrogen) atoms. The summed E-state index contributed by atoms with van der Waals surface area (Å²) in [5, 5.41) is 18.7. The van der Waals surface area contributed by atoms with E-state index in [0.717, 1.165) is 11.4 Å². The van der Waals surface area contributed by atoms with E-state index >= 15 is 0 Å². The Morgan fingerprint density at radius 2 is 2.15 bits per heavy atom. The van der Waals surface area contributed by atoms with Gasteiger partial charge in [-0.05, 0) is 19.8 Å². The number of aryl methyl sites for hydroxylation is 2. The van der Waals surface area contributed by atoms with Crippen molar-refractivity contribution in [3.05, 3.63) is 11.4 Å². The van der Waals surface area contributed by atoms with E-state index in [4.69, 9.17) is 5.11 Å². The van der Waals surface area contributed by atoms with Crippen LogP contribution in [0.1, 0.15) is 18.3 Å². The molecule has 1 fully saturated rings. The van der Waals surface area contributed by atoms with Gasteiger partial charge < -0.3 is 10.4 Å². The molecule has 2 atom stereocenters. The molecule has 0 aliphatic carbocycles. The van der Waals surface area contributed by atoms with Gasteiger partial charge in [-0.1, -0.05) is 6.92 Å². The average molecular weight is 280 g/mol. The van der Waals surface area contributed by atoms with Crippen molar-refractivity contribution in [2.75, 3.05) is 25.0 Å². The highest BCUT2D eigenvalue weighted by Crippen LogP contribution is 2.23. The highest BCUT2D eigenvalue weighted by Gasteiger charge is 2.35. The zero-order chi connectivity index (χ0) is 14.9. The fourth-order valence-corrected chi connectivity index (χ4v) is 2.63. The van der Waals surface area contributed by atoms with Crippen LogP contribution in [0.15, 0.2) is 0 Å². The number of aliphatic carboxylic acids is 1. The molecule has 0 aromatic carbocycles. The molecule has 0 radical (unpaired) electrons. The highest BCUT2D eigenvalue weighted by molar-refractivity contribution is 5.93. The number of carbonyl (C=O) groups excluding carboxylic acids is 1. The predicted molar refractivity (Wildman–Crippen MR) is 73.4 cm³/mol. The standard InChI is InChI=1S/C13H20N4O3/c1-7-4-17(5-10(7)13(19)20)6-11(18)14-12-8(2)15-16-9(12)3/h7,10H,4-6H2,1-3H3,(H,14,18)(H,15,16)(H,19,20)/t7-,10-/m1/s1. The monoisotopic (exact) mass is 280 g/mol. The van der Waals surface area contributed by atoms with Gasteiger partial charge in [0.2, 0.25) is 5.91 Å². The predicted octanol–water partition coefficient (Wildman–Crippen LogP) is 0.618. The molecule has 1 aromatic rings. The molecule has 0 unspecified atom stereocenters. The van der Waals surface area contributed by atoms with E-state index in [-0.39, 0.29) is 24.3 Å². The Morgan fingerprint density at radius 3 is 2.65 bits per heavy atom. The Hall–Kier alpha value is -1.89. The molecule has 0 saturated carbocycles. The molecule has 0 spiro atoms. The Balaban J connectivity index is 1.92. The van der Waals surface area contributed by atoms with Gasteiger partial charge >= 0.3 is 5.97 Å². The van der Waals surface area contributed by atoms with E-state index in [1.54, 1.807) is 0 Å². The number of carboxylic acid groups (broad SMARTS) is 1. The van der Waals surface area contributed by atoms with Crippen LogP contribution in [0.25, 0.3) is 0 Å². The van der Waals surface area contributed by atoms with Crippen molar-refractivity contribution in [3.63, 3.8) is 0 Å². The molecule has 2 heterocycles. The fraction of sp³-hybridized carbons (Fsp3) is 0.615. The van der Waals surface area contributed by atoms with Crippen LogP contribution in [0.5, 0.6) is 0 Å². The third kappa shape index (κ3) is 2.98. The SMILES string of the molecule is Cc1n[nH]c(C)c1NC(=O)CN1C[C@@H](C)[C@H](C(=O)O)C1. The number of aromatic nitrogens is 2. The summed E-state index contributed by atoms with van der Waals surface area (Å²) in [6.07, 6.45) is 0. The van der Waals surface area contributed by atoms with Gasteiger partial charge in [0.25, 0.3) is 0 Å². The number of nitrogens with zero attached hydrogens (tertiary/aromatic N) is 2. The quantitative estimate of drug-likeness (QED) is 0.751. The first-order chi connectivity index (χ1) is 9.38. The van der Waals surface area contributed by atoms with Crippen LogP contribution in [-0.2, 0) is 9.59 Å². The van der Waals surface area contributed by atoms with Crippen molar-refractivity contribution in [3.8, 4) is 0 Å².